The molecular weight excluding hydrogens is 240 g/mol. The van der Waals surface area contributed by atoms with E-state index < -0.39 is 0 Å². The molecule has 1 fully saturated rings. The highest BCUT2D eigenvalue weighted by Crippen LogP contribution is 2.31. The van der Waals surface area contributed by atoms with Crippen LogP contribution in [-0.2, 0) is 17.8 Å². The van der Waals surface area contributed by atoms with Crippen molar-refractivity contribution in [1.82, 2.24) is 19.8 Å². The van der Waals surface area contributed by atoms with E-state index in [2.05, 4.69) is 23.7 Å². The molecule has 5 nitrogen and oxygen atoms in total. The highest BCUT2D eigenvalue weighted by molar-refractivity contribution is 5.82. The predicted molar refractivity (Wildman–Crippen MR) is 73.0 cm³/mol. The summed E-state index contributed by atoms with van der Waals surface area (Å²) in [4.78, 5) is 18.9. The normalized spacial score (nSPS) is 23.3. The summed E-state index contributed by atoms with van der Waals surface area (Å²) in [6, 6.07) is -0.0308. The molecule has 0 bridgehead atoms. The minimum Gasteiger partial charge on any atom is -0.344 e. The molecule has 1 aromatic rings. The first-order valence-corrected chi connectivity index (χ1v) is 7.15. The molecule has 3 rings (SSSR count). The third-order valence-electron chi connectivity index (χ3n) is 4.18. The van der Waals surface area contributed by atoms with Crippen LogP contribution >= 0.6 is 0 Å². The molecule has 1 N–H and O–H groups in total. The van der Waals surface area contributed by atoms with Gasteiger partial charge in [0.25, 0.3) is 0 Å². The van der Waals surface area contributed by atoms with E-state index in [0.29, 0.717) is 5.92 Å². The number of hydrogen-bond acceptors (Lipinski definition) is 3. The summed E-state index contributed by atoms with van der Waals surface area (Å²) < 4.78 is 2.24. The van der Waals surface area contributed by atoms with Crippen molar-refractivity contribution in [3.05, 3.63) is 17.2 Å². The first-order valence-electron chi connectivity index (χ1n) is 7.15. The van der Waals surface area contributed by atoms with Gasteiger partial charge in [0.1, 0.15) is 11.9 Å². The van der Waals surface area contributed by atoms with Gasteiger partial charge in [-0.3, -0.25) is 4.79 Å². The largest absolute Gasteiger partial charge is 0.344 e. The van der Waals surface area contributed by atoms with Crippen LogP contribution < -0.4 is 5.32 Å². The maximum atomic E-state index is 12.3. The van der Waals surface area contributed by atoms with Crippen molar-refractivity contribution in [2.75, 3.05) is 20.1 Å². The smallest absolute Gasteiger partial charge is 0.245 e. The van der Waals surface area contributed by atoms with Gasteiger partial charge < -0.3 is 14.8 Å². The summed E-state index contributed by atoms with van der Waals surface area (Å²) in [5, 5.41) is 3.36. The lowest BCUT2D eigenvalue weighted by atomic mass is 10.1. The van der Waals surface area contributed by atoms with Crippen molar-refractivity contribution in [3.63, 3.8) is 0 Å². The molecule has 1 aromatic heterocycles. The van der Waals surface area contributed by atoms with Gasteiger partial charge in [0.2, 0.25) is 5.91 Å². The molecule has 1 unspecified atom stereocenters. The molecular formula is C14H22N4O. The Morgan fingerprint density at radius 3 is 2.84 bits per heavy atom. The van der Waals surface area contributed by atoms with Gasteiger partial charge in [-0.25, -0.2) is 4.98 Å². The number of rotatable bonds is 2. The zero-order valence-corrected chi connectivity index (χ0v) is 11.9. The second-order valence-electron chi connectivity index (χ2n) is 5.88. The zero-order valence-electron chi connectivity index (χ0n) is 11.9. The third kappa shape index (κ3) is 1.96. The van der Waals surface area contributed by atoms with Gasteiger partial charge in [-0.2, -0.15) is 0 Å². The van der Waals surface area contributed by atoms with Crippen molar-refractivity contribution in [2.45, 2.75) is 45.2 Å². The van der Waals surface area contributed by atoms with E-state index in [1.807, 2.05) is 11.9 Å². The highest BCUT2D eigenvalue weighted by atomic mass is 16.2. The molecule has 2 aliphatic rings. The first kappa shape index (κ1) is 12.7. The van der Waals surface area contributed by atoms with Gasteiger partial charge in [-0.1, -0.05) is 13.8 Å². The van der Waals surface area contributed by atoms with Crippen LogP contribution in [-0.4, -0.2) is 40.5 Å². The lowest BCUT2D eigenvalue weighted by Crippen LogP contribution is -2.29. The second-order valence-corrected chi connectivity index (χ2v) is 5.88. The SMILES string of the molecule is CC(C)c1nc2c(n1C1CCN(C)C1=O)CCNC2. The van der Waals surface area contributed by atoms with Crippen molar-refractivity contribution in [2.24, 2.45) is 0 Å². The summed E-state index contributed by atoms with van der Waals surface area (Å²) >= 11 is 0. The number of aromatic nitrogens is 2. The molecule has 1 atom stereocenters. The number of amides is 1. The van der Waals surface area contributed by atoms with E-state index in [0.717, 1.165) is 44.0 Å². The minimum absolute atomic E-state index is 0.0308. The van der Waals surface area contributed by atoms with Gasteiger partial charge in [-0.05, 0) is 6.42 Å². The summed E-state index contributed by atoms with van der Waals surface area (Å²) in [6.07, 6.45) is 1.88. The Hall–Kier alpha value is -1.36. The molecule has 104 valence electrons. The number of nitrogens with one attached hydrogen (secondary N) is 1. The van der Waals surface area contributed by atoms with Gasteiger partial charge in [0.15, 0.2) is 0 Å². The summed E-state index contributed by atoms with van der Waals surface area (Å²) in [6.45, 7) is 6.97. The highest BCUT2D eigenvalue weighted by Gasteiger charge is 2.35. The maximum absolute atomic E-state index is 12.3. The van der Waals surface area contributed by atoms with Crippen LogP contribution in [0.25, 0.3) is 0 Å². The molecule has 3 heterocycles. The fourth-order valence-corrected chi connectivity index (χ4v) is 3.15. The minimum atomic E-state index is -0.0308. The van der Waals surface area contributed by atoms with Crippen molar-refractivity contribution < 1.29 is 4.79 Å². The molecule has 1 amide bonds. The van der Waals surface area contributed by atoms with E-state index in [4.69, 9.17) is 4.98 Å². The molecule has 0 saturated carbocycles. The molecule has 0 aromatic carbocycles. The fourth-order valence-electron chi connectivity index (χ4n) is 3.15. The monoisotopic (exact) mass is 262 g/mol. The Morgan fingerprint density at radius 2 is 2.21 bits per heavy atom. The van der Waals surface area contributed by atoms with Crippen LogP contribution in [0.5, 0.6) is 0 Å². The van der Waals surface area contributed by atoms with E-state index in [-0.39, 0.29) is 11.9 Å². The van der Waals surface area contributed by atoms with Crippen molar-refractivity contribution >= 4 is 5.91 Å². The molecule has 1 saturated heterocycles. The Bertz CT molecular complexity index is 506. The van der Waals surface area contributed by atoms with Crippen LogP contribution in [0.15, 0.2) is 0 Å². The number of nitrogens with zero attached hydrogens (tertiary/aromatic N) is 3. The van der Waals surface area contributed by atoms with Gasteiger partial charge in [0.05, 0.1) is 5.69 Å². The third-order valence-corrected chi connectivity index (χ3v) is 4.18. The van der Waals surface area contributed by atoms with Crippen LogP contribution in [0.1, 0.15) is 49.4 Å². The molecule has 5 heteroatoms. The standard InChI is InChI=1S/C14H22N4O/c1-9(2)13-16-10-8-15-6-4-11(10)18(13)12-5-7-17(3)14(12)19/h9,12,15H,4-8H2,1-3H3. The molecule has 0 spiro atoms. The number of carbonyl (C=O) groups excluding carboxylic acids is 1. The summed E-state index contributed by atoms with van der Waals surface area (Å²) in [5.74, 6) is 1.66. The van der Waals surface area contributed by atoms with Crippen molar-refractivity contribution in [1.29, 1.82) is 0 Å². The topological polar surface area (TPSA) is 50.2 Å². The second kappa shape index (κ2) is 4.63. The van der Waals surface area contributed by atoms with E-state index in [9.17, 15) is 4.79 Å². The fraction of sp³-hybridized carbons (Fsp3) is 0.714. The average molecular weight is 262 g/mol. The van der Waals surface area contributed by atoms with Crippen LogP contribution in [0, 0.1) is 0 Å². The van der Waals surface area contributed by atoms with Gasteiger partial charge >= 0.3 is 0 Å². The van der Waals surface area contributed by atoms with E-state index in [1.54, 1.807) is 0 Å². The van der Waals surface area contributed by atoms with Gasteiger partial charge in [0, 0.05) is 44.7 Å². The molecule has 2 aliphatic heterocycles. The van der Waals surface area contributed by atoms with Crippen LogP contribution in [0.3, 0.4) is 0 Å². The molecule has 0 radical (unpaired) electrons. The maximum Gasteiger partial charge on any atom is 0.245 e. The Balaban J connectivity index is 2.08. The average Bonchev–Trinajstić information content (AvgIpc) is 2.92. The molecule has 19 heavy (non-hydrogen) atoms. The van der Waals surface area contributed by atoms with Crippen LogP contribution in [0.2, 0.25) is 0 Å². The quantitative estimate of drug-likeness (QED) is 0.867. The Kier molecular flexibility index (Phi) is 3.09. The van der Waals surface area contributed by atoms with Gasteiger partial charge in [-0.15, -0.1) is 0 Å². The number of carbonyl (C=O) groups is 1. The Labute approximate surface area is 114 Å². The first-order chi connectivity index (χ1) is 9.09. The number of hydrogen-bond donors (Lipinski definition) is 1. The van der Waals surface area contributed by atoms with E-state index >= 15 is 0 Å². The van der Waals surface area contributed by atoms with E-state index in [1.165, 1.54) is 5.69 Å². The lowest BCUT2D eigenvalue weighted by molar-refractivity contribution is -0.129. The number of fused-ring (bicyclic) bond motifs is 1. The predicted octanol–water partition coefficient (Wildman–Crippen LogP) is 1.06. The number of imidazole rings is 1. The molecule has 0 aliphatic carbocycles. The summed E-state index contributed by atoms with van der Waals surface area (Å²) in [7, 11) is 1.89. The Morgan fingerprint density at radius 1 is 1.42 bits per heavy atom. The van der Waals surface area contributed by atoms with Crippen LogP contribution in [0.4, 0.5) is 0 Å². The van der Waals surface area contributed by atoms with Crippen molar-refractivity contribution in [3.8, 4) is 0 Å². The summed E-state index contributed by atoms with van der Waals surface area (Å²) in [5.41, 5.74) is 2.41. The number of likely N-dealkylation sites (tertiary alicyclic amines) is 1. The lowest BCUT2D eigenvalue weighted by Gasteiger charge is -2.21. The number of likely N-dealkylation sites (N-methyl/N-ethyl adjacent to an activating group) is 1. The zero-order chi connectivity index (χ0) is 13.6.